The van der Waals surface area contributed by atoms with E-state index in [4.69, 9.17) is 4.74 Å². The van der Waals surface area contributed by atoms with Crippen molar-refractivity contribution in [3.63, 3.8) is 0 Å². The van der Waals surface area contributed by atoms with Crippen LogP contribution in [0.4, 0.5) is 0 Å². The number of amides is 1. The Morgan fingerprint density at radius 2 is 1.92 bits per heavy atom. The van der Waals surface area contributed by atoms with Crippen molar-refractivity contribution in [1.29, 1.82) is 5.26 Å². The van der Waals surface area contributed by atoms with Gasteiger partial charge in [-0.25, -0.2) is 4.79 Å². The molecule has 0 radical (unpaired) electrons. The fourth-order valence-electron chi connectivity index (χ4n) is 2.65. The second kappa shape index (κ2) is 8.30. The fraction of sp³-hybridized carbons (Fsp3) is 0.421. The van der Waals surface area contributed by atoms with E-state index in [1.165, 1.54) is 19.4 Å². The van der Waals surface area contributed by atoms with E-state index < -0.39 is 17.5 Å². The molecule has 126 valence electrons. The molecule has 1 aromatic rings. The smallest absolute Gasteiger partial charge is 0.332 e. The molecule has 0 spiro atoms. The molecule has 1 fully saturated rings. The lowest BCUT2D eigenvalue weighted by Gasteiger charge is -2.27. The summed E-state index contributed by atoms with van der Waals surface area (Å²) in [5.41, 5.74) is -0.991. The molecule has 2 rings (SSSR count). The highest BCUT2D eigenvalue weighted by Crippen LogP contribution is 2.19. The zero-order chi connectivity index (χ0) is 17.4. The van der Waals surface area contributed by atoms with Gasteiger partial charge in [-0.1, -0.05) is 49.6 Å². The lowest BCUT2D eigenvalue weighted by Crippen LogP contribution is -2.50. The minimum absolute atomic E-state index is 0.0532. The molecule has 0 heterocycles. The summed E-state index contributed by atoms with van der Waals surface area (Å²) in [6.07, 6.45) is 7.89. The number of benzene rings is 1. The number of nitriles is 1. The normalized spacial score (nSPS) is 17.7. The maximum absolute atomic E-state index is 12.3. The Labute approximate surface area is 142 Å². The van der Waals surface area contributed by atoms with E-state index in [1.807, 2.05) is 36.4 Å². The average molecular weight is 326 g/mol. The largest absolute Gasteiger partial charge is 0.431 e. The van der Waals surface area contributed by atoms with Crippen LogP contribution in [0.15, 0.2) is 36.4 Å². The number of esters is 1. The molecule has 1 N–H and O–H groups in total. The van der Waals surface area contributed by atoms with Crippen molar-refractivity contribution in [2.24, 2.45) is 0 Å². The summed E-state index contributed by atoms with van der Waals surface area (Å²) in [4.78, 5) is 24.3. The van der Waals surface area contributed by atoms with Gasteiger partial charge in [-0.15, -0.1) is 0 Å². The molecule has 0 bridgehead atoms. The van der Waals surface area contributed by atoms with Crippen LogP contribution in [-0.4, -0.2) is 23.5 Å². The number of nitrogens with one attached hydrogen (secondary N) is 1. The first-order valence-electron chi connectivity index (χ1n) is 8.22. The highest BCUT2D eigenvalue weighted by Gasteiger charge is 2.38. The molecule has 1 unspecified atom stereocenters. The van der Waals surface area contributed by atoms with Crippen molar-refractivity contribution in [2.45, 2.75) is 50.7 Å². The van der Waals surface area contributed by atoms with Crippen LogP contribution in [0.5, 0.6) is 0 Å². The molecule has 24 heavy (non-hydrogen) atoms. The first-order chi connectivity index (χ1) is 11.5. The molecule has 1 saturated carbocycles. The zero-order valence-electron chi connectivity index (χ0n) is 13.8. The monoisotopic (exact) mass is 326 g/mol. The molecule has 1 amide bonds. The third-order valence-electron chi connectivity index (χ3n) is 4.10. The zero-order valence-corrected chi connectivity index (χ0v) is 13.8. The van der Waals surface area contributed by atoms with Crippen LogP contribution in [0.1, 0.15) is 44.6 Å². The van der Waals surface area contributed by atoms with Crippen molar-refractivity contribution in [2.75, 3.05) is 0 Å². The molecular weight excluding hydrogens is 304 g/mol. The first kappa shape index (κ1) is 17.7. The summed E-state index contributed by atoms with van der Waals surface area (Å²) in [5, 5.41) is 12.1. The van der Waals surface area contributed by atoms with Gasteiger partial charge in [0.05, 0.1) is 0 Å². The lowest BCUT2D eigenvalue weighted by atomic mass is 9.94. The number of hydrogen-bond donors (Lipinski definition) is 1. The number of carbonyl (C=O) groups is 2. The van der Waals surface area contributed by atoms with Gasteiger partial charge in [-0.05, 0) is 31.4 Å². The molecule has 0 aromatic heterocycles. The third-order valence-corrected chi connectivity index (χ3v) is 4.10. The molecule has 1 aliphatic carbocycles. The SMILES string of the molecule is CC(C#N)(OC(=O)/C=C/c1ccccc1)C(=O)NC1CCCCC1. The standard InChI is InChI=1S/C19H22N2O3/c1-19(14-20,18(23)21-16-10-6-3-7-11-16)24-17(22)13-12-15-8-4-2-5-9-15/h2,4-5,8-9,12-13,16H,3,6-7,10-11H2,1H3,(H,21,23)/b13-12+. The Balaban J connectivity index is 1.95. The van der Waals surface area contributed by atoms with Crippen molar-refractivity contribution >= 4 is 18.0 Å². The molecule has 5 nitrogen and oxygen atoms in total. The highest BCUT2D eigenvalue weighted by molar-refractivity contribution is 5.94. The van der Waals surface area contributed by atoms with Crippen LogP contribution in [0.3, 0.4) is 0 Å². The maximum atomic E-state index is 12.3. The maximum Gasteiger partial charge on any atom is 0.332 e. The van der Waals surface area contributed by atoms with Gasteiger partial charge in [0.2, 0.25) is 0 Å². The Bertz CT molecular complexity index is 642. The predicted molar refractivity (Wildman–Crippen MR) is 90.6 cm³/mol. The van der Waals surface area contributed by atoms with E-state index in [0.717, 1.165) is 31.2 Å². The van der Waals surface area contributed by atoms with Crippen molar-refractivity contribution in [1.82, 2.24) is 5.32 Å². The van der Waals surface area contributed by atoms with Gasteiger partial charge in [-0.3, -0.25) is 4.79 Å². The summed E-state index contributed by atoms with van der Waals surface area (Å²) in [7, 11) is 0. The van der Waals surface area contributed by atoms with Gasteiger partial charge in [0.1, 0.15) is 6.07 Å². The van der Waals surface area contributed by atoms with E-state index >= 15 is 0 Å². The van der Waals surface area contributed by atoms with Crippen molar-refractivity contribution in [3.8, 4) is 6.07 Å². The van der Waals surface area contributed by atoms with E-state index in [-0.39, 0.29) is 6.04 Å². The minimum Gasteiger partial charge on any atom is -0.431 e. The number of nitrogens with zero attached hydrogens (tertiary/aromatic N) is 1. The van der Waals surface area contributed by atoms with Crippen LogP contribution in [-0.2, 0) is 14.3 Å². The van der Waals surface area contributed by atoms with Gasteiger partial charge in [0, 0.05) is 12.1 Å². The molecule has 1 aliphatic rings. The number of hydrogen-bond acceptors (Lipinski definition) is 4. The Morgan fingerprint density at radius 1 is 1.25 bits per heavy atom. The van der Waals surface area contributed by atoms with Crippen LogP contribution in [0.25, 0.3) is 6.08 Å². The van der Waals surface area contributed by atoms with Gasteiger partial charge in [-0.2, -0.15) is 5.26 Å². The predicted octanol–water partition coefficient (Wildman–Crippen LogP) is 2.97. The first-order valence-corrected chi connectivity index (χ1v) is 8.22. The summed E-state index contributed by atoms with van der Waals surface area (Å²) in [5.74, 6) is -1.28. The fourth-order valence-corrected chi connectivity index (χ4v) is 2.65. The van der Waals surface area contributed by atoms with Crippen LogP contribution in [0, 0.1) is 11.3 Å². The van der Waals surface area contributed by atoms with Crippen molar-refractivity contribution in [3.05, 3.63) is 42.0 Å². The molecule has 0 aliphatic heterocycles. The summed E-state index contributed by atoms with van der Waals surface area (Å²) in [6.45, 7) is 1.32. The molecule has 5 heteroatoms. The van der Waals surface area contributed by atoms with Crippen LogP contribution >= 0.6 is 0 Å². The molecular formula is C19H22N2O3. The minimum atomic E-state index is -1.82. The lowest BCUT2D eigenvalue weighted by molar-refractivity contribution is -0.157. The quantitative estimate of drug-likeness (QED) is 0.666. The second-order valence-corrected chi connectivity index (χ2v) is 6.12. The van der Waals surface area contributed by atoms with Gasteiger partial charge in [0.25, 0.3) is 11.5 Å². The van der Waals surface area contributed by atoms with Gasteiger partial charge < -0.3 is 10.1 Å². The van der Waals surface area contributed by atoms with Crippen molar-refractivity contribution < 1.29 is 14.3 Å². The summed E-state index contributed by atoms with van der Waals surface area (Å²) >= 11 is 0. The van der Waals surface area contributed by atoms with Crippen LogP contribution < -0.4 is 5.32 Å². The van der Waals surface area contributed by atoms with E-state index in [9.17, 15) is 14.9 Å². The van der Waals surface area contributed by atoms with Gasteiger partial charge >= 0.3 is 5.97 Å². The molecule has 0 saturated heterocycles. The average Bonchev–Trinajstić information content (AvgIpc) is 2.61. The Morgan fingerprint density at radius 3 is 2.54 bits per heavy atom. The summed E-state index contributed by atoms with van der Waals surface area (Å²) < 4.78 is 5.11. The second-order valence-electron chi connectivity index (χ2n) is 6.12. The number of carbonyl (C=O) groups excluding carboxylic acids is 2. The van der Waals surface area contributed by atoms with E-state index in [0.29, 0.717) is 0 Å². The topological polar surface area (TPSA) is 79.2 Å². The Kier molecular flexibility index (Phi) is 6.14. The number of rotatable bonds is 5. The van der Waals surface area contributed by atoms with E-state index in [1.54, 1.807) is 6.08 Å². The third kappa shape index (κ3) is 4.95. The van der Waals surface area contributed by atoms with E-state index in [2.05, 4.69) is 5.32 Å². The van der Waals surface area contributed by atoms with Crippen LogP contribution in [0.2, 0.25) is 0 Å². The van der Waals surface area contributed by atoms with Gasteiger partial charge in [0.15, 0.2) is 0 Å². The number of ether oxygens (including phenoxy) is 1. The highest BCUT2D eigenvalue weighted by atomic mass is 16.6. The molecule has 1 aromatic carbocycles. The molecule has 1 atom stereocenters. The Hall–Kier alpha value is -2.61. The summed E-state index contributed by atoms with van der Waals surface area (Å²) in [6, 6.07) is 11.1.